The van der Waals surface area contributed by atoms with E-state index in [0.717, 1.165) is 4.99 Å². The van der Waals surface area contributed by atoms with Crippen LogP contribution < -0.4 is 5.32 Å². The van der Waals surface area contributed by atoms with Gasteiger partial charge in [-0.3, -0.25) is 4.99 Å². The van der Waals surface area contributed by atoms with Gasteiger partial charge in [-0.2, -0.15) is 92.2 Å². The van der Waals surface area contributed by atoms with Crippen molar-refractivity contribution in [1.29, 1.82) is 0 Å². The van der Waals surface area contributed by atoms with E-state index in [4.69, 9.17) is 0 Å². The van der Waals surface area contributed by atoms with Crippen LogP contribution in [0.5, 0.6) is 0 Å². The molecule has 2 unspecified atom stereocenters. The quantitative estimate of drug-likeness (QED) is 0.375. The molecule has 0 aromatic rings. The fraction of sp³-hybridized carbons (Fsp3) is 0.917. The van der Waals surface area contributed by atoms with Gasteiger partial charge in [0.05, 0.1) is 0 Å². The zero-order chi connectivity index (χ0) is 28.6. The highest BCUT2D eigenvalue weighted by Crippen LogP contribution is 2.56. The Labute approximate surface area is 176 Å². The molecular weight excluding hydrogens is 571 g/mol. The van der Waals surface area contributed by atoms with E-state index in [2.05, 4.69) is 0 Å². The van der Waals surface area contributed by atoms with Gasteiger partial charge in [0.15, 0.2) is 5.84 Å². The highest BCUT2D eigenvalue weighted by Gasteiger charge is 2.84. The van der Waals surface area contributed by atoms with Gasteiger partial charge in [0.1, 0.15) is 12.1 Å². The maximum atomic E-state index is 13.8. The third-order valence-electron chi connectivity index (χ3n) is 4.24. The van der Waals surface area contributed by atoms with E-state index < -0.39 is 77.3 Å². The molecule has 0 saturated carbocycles. The minimum absolute atomic E-state index is 0.483. The lowest BCUT2D eigenvalue weighted by molar-refractivity contribution is -0.376. The predicted molar refractivity (Wildman–Crippen MR) is 66.0 cm³/mol. The zero-order valence-electron chi connectivity index (χ0n) is 15.0. The van der Waals surface area contributed by atoms with Gasteiger partial charge in [0.25, 0.3) is 0 Å². The second-order valence-electron chi connectivity index (χ2n) is 6.58. The molecule has 0 spiro atoms. The Bertz CT molecular complexity index is 827. The van der Waals surface area contributed by atoms with Crippen molar-refractivity contribution in [3.8, 4) is 0 Å². The van der Waals surface area contributed by atoms with E-state index in [1.165, 1.54) is 0 Å². The van der Waals surface area contributed by atoms with Crippen molar-refractivity contribution in [3.05, 3.63) is 0 Å². The highest BCUT2D eigenvalue weighted by molar-refractivity contribution is 5.92. The molecular formula is C12H3F21N2. The summed E-state index contributed by atoms with van der Waals surface area (Å²) < 4.78 is 271. The number of halogens is 21. The average molecular weight is 574 g/mol. The van der Waals surface area contributed by atoms with E-state index in [-0.39, 0.29) is 0 Å². The van der Waals surface area contributed by atoms with Crippen LogP contribution in [0.4, 0.5) is 92.2 Å². The van der Waals surface area contributed by atoms with E-state index in [9.17, 15) is 92.2 Å². The normalized spacial score (nSPS) is 22.3. The summed E-state index contributed by atoms with van der Waals surface area (Å²) in [5.41, 5.74) is 0. The Morgan fingerprint density at radius 2 is 0.771 bits per heavy atom. The lowest BCUT2D eigenvalue weighted by atomic mass is 9.90. The fourth-order valence-corrected chi connectivity index (χ4v) is 2.31. The van der Waals surface area contributed by atoms with Crippen molar-refractivity contribution >= 4 is 5.84 Å². The molecule has 208 valence electrons. The van der Waals surface area contributed by atoms with Crippen LogP contribution in [0.2, 0.25) is 0 Å². The SMILES string of the molecule is FC(F)(F)C(F)(F)C(F)(F)C1=NC(C(F)(F)C(F)(F)C(F)(F)F)C(C(F)(F)C(F)(F)C(F)(F)F)N1. The van der Waals surface area contributed by atoms with Gasteiger partial charge >= 0.3 is 54.1 Å². The molecule has 0 amide bonds. The van der Waals surface area contributed by atoms with Crippen LogP contribution in [-0.4, -0.2) is 72.0 Å². The van der Waals surface area contributed by atoms with Crippen molar-refractivity contribution < 1.29 is 92.2 Å². The number of alkyl halides is 21. The van der Waals surface area contributed by atoms with Crippen LogP contribution >= 0.6 is 0 Å². The third kappa shape index (κ3) is 4.28. The van der Waals surface area contributed by atoms with Crippen LogP contribution in [0, 0.1) is 0 Å². The Kier molecular flexibility index (Phi) is 6.87. The number of hydrogen-bond acceptors (Lipinski definition) is 2. The standard InChI is InChI=1S/C12H3F21N2/c13-4(14,7(19,20)10(25,26)27)1-2(5(15,16)8(21,22)11(28,29)30)35-3(34-1)6(17,18)9(23,24)12(31,32)33/h1-2H,(H,34,35). The molecule has 0 fully saturated rings. The number of aliphatic imine (C=N–C) groups is 1. The predicted octanol–water partition coefficient (Wildman–Crippen LogP) is 6.22. The van der Waals surface area contributed by atoms with E-state index in [1.54, 1.807) is 0 Å². The number of nitrogens with one attached hydrogen (secondary N) is 1. The van der Waals surface area contributed by atoms with Gasteiger partial charge < -0.3 is 5.32 Å². The summed E-state index contributed by atoms with van der Waals surface area (Å²) in [4.78, 5) is 1.10. The van der Waals surface area contributed by atoms with Crippen molar-refractivity contribution in [2.45, 2.75) is 66.1 Å². The van der Waals surface area contributed by atoms with Crippen LogP contribution in [0.3, 0.4) is 0 Å². The molecule has 1 aliphatic heterocycles. The van der Waals surface area contributed by atoms with Gasteiger partial charge in [-0.25, -0.2) is 0 Å². The topological polar surface area (TPSA) is 24.4 Å². The monoisotopic (exact) mass is 574 g/mol. The molecule has 0 aliphatic carbocycles. The van der Waals surface area contributed by atoms with Gasteiger partial charge in [0.2, 0.25) is 0 Å². The minimum Gasteiger partial charge on any atom is -0.357 e. The molecule has 1 aliphatic rings. The molecule has 1 rings (SSSR count). The first-order chi connectivity index (χ1) is 14.8. The molecule has 0 radical (unpaired) electrons. The van der Waals surface area contributed by atoms with Crippen molar-refractivity contribution in [1.82, 2.24) is 5.32 Å². The summed E-state index contributed by atoms with van der Waals surface area (Å²) in [6.07, 6.45) is -22.7. The Morgan fingerprint density at radius 3 is 1.09 bits per heavy atom. The second-order valence-corrected chi connectivity index (χ2v) is 6.58. The maximum absolute atomic E-state index is 13.8. The number of hydrogen-bond donors (Lipinski definition) is 1. The molecule has 1 heterocycles. The first-order valence-corrected chi connectivity index (χ1v) is 7.65. The molecule has 35 heavy (non-hydrogen) atoms. The zero-order valence-corrected chi connectivity index (χ0v) is 15.0. The summed E-state index contributed by atoms with van der Waals surface area (Å²) in [5, 5.41) is -0.483. The van der Waals surface area contributed by atoms with Gasteiger partial charge in [-0.05, 0) is 0 Å². The van der Waals surface area contributed by atoms with Crippen LogP contribution in [-0.2, 0) is 0 Å². The lowest BCUT2D eigenvalue weighted by Crippen LogP contribution is -2.69. The summed E-state index contributed by atoms with van der Waals surface area (Å²) in [6.45, 7) is 0. The minimum atomic E-state index is -7.77. The summed E-state index contributed by atoms with van der Waals surface area (Å²) in [7, 11) is 0. The van der Waals surface area contributed by atoms with Crippen molar-refractivity contribution in [2.75, 3.05) is 0 Å². The number of amidine groups is 1. The van der Waals surface area contributed by atoms with Crippen LogP contribution in [0.1, 0.15) is 0 Å². The van der Waals surface area contributed by atoms with Crippen LogP contribution in [0.15, 0.2) is 4.99 Å². The Balaban J connectivity index is 3.91. The molecule has 0 aromatic carbocycles. The number of nitrogens with zero attached hydrogens (tertiary/aromatic N) is 1. The Hall–Kier alpha value is -2.00. The van der Waals surface area contributed by atoms with E-state index in [0.29, 0.717) is 0 Å². The smallest absolute Gasteiger partial charge is 0.357 e. The average Bonchev–Trinajstić information content (AvgIpc) is 3.05. The fourth-order valence-electron chi connectivity index (χ4n) is 2.31. The van der Waals surface area contributed by atoms with Gasteiger partial charge in [-0.1, -0.05) is 0 Å². The Morgan fingerprint density at radius 1 is 0.457 bits per heavy atom. The maximum Gasteiger partial charge on any atom is 0.460 e. The molecule has 2 nitrogen and oxygen atoms in total. The molecule has 0 aromatic heterocycles. The third-order valence-corrected chi connectivity index (χ3v) is 4.24. The molecule has 23 heteroatoms. The number of rotatable bonds is 6. The summed E-state index contributed by atoms with van der Waals surface area (Å²) >= 11 is 0. The van der Waals surface area contributed by atoms with Gasteiger partial charge in [0, 0.05) is 0 Å². The van der Waals surface area contributed by atoms with E-state index >= 15 is 0 Å². The molecule has 1 N–H and O–H groups in total. The summed E-state index contributed by atoms with van der Waals surface area (Å²) in [6, 6.07) is -11.0. The first kappa shape index (κ1) is 31.0. The highest BCUT2D eigenvalue weighted by atomic mass is 19.4. The van der Waals surface area contributed by atoms with Crippen molar-refractivity contribution in [2.24, 2.45) is 4.99 Å². The first-order valence-electron chi connectivity index (χ1n) is 7.65. The second kappa shape index (κ2) is 7.75. The van der Waals surface area contributed by atoms with Crippen LogP contribution in [0.25, 0.3) is 0 Å². The molecule has 2 atom stereocenters. The molecule has 0 bridgehead atoms. The largest absolute Gasteiger partial charge is 0.460 e. The molecule has 0 saturated heterocycles. The van der Waals surface area contributed by atoms with E-state index in [1.807, 2.05) is 0 Å². The lowest BCUT2D eigenvalue weighted by Gasteiger charge is -2.38. The van der Waals surface area contributed by atoms with Gasteiger partial charge in [-0.15, -0.1) is 0 Å². The summed E-state index contributed by atoms with van der Waals surface area (Å²) in [5.74, 6) is -49.4. The van der Waals surface area contributed by atoms with Crippen molar-refractivity contribution in [3.63, 3.8) is 0 Å².